The number of nitrogens with one attached hydrogen (secondary N) is 1. The summed E-state index contributed by atoms with van der Waals surface area (Å²) in [4.78, 5) is 2.11. The smallest absolute Gasteiger partial charge is 0.406 e. The van der Waals surface area contributed by atoms with Crippen molar-refractivity contribution in [2.45, 2.75) is 12.4 Å². The van der Waals surface area contributed by atoms with Gasteiger partial charge in [-0.25, -0.2) is 4.39 Å². The average molecular weight is 433 g/mol. The molecule has 1 aliphatic heterocycles. The van der Waals surface area contributed by atoms with Crippen molar-refractivity contribution in [1.29, 1.82) is 0 Å². The molecular formula is C18H17BrF4N2O. The minimum absolute atomic E-state index is 0.295. The predicted octanol–water partition coefficient (Wildman–Crippen LogP) is 4.48. The third-order valence-electron chi connectivity index (χ3n) is 4.20. The van der Waals surface area contributed by atoms with Gasteiger partial charge < -0.3 is 10.1 Å². The lowest BCUT2D eigenvalue weighted by Crippen LogP contribution is -2.45. The fourth-order valence-corrected chi connectivity index (χ4v) is 3.44. The molecule has 2 aromatic carbocycles. The normalized spacial score (nSPS) is 17.1. The molecule has 1 aliphatic rings. The quantitative estimate of drug-likeness (QED) is 0.720. The number of alkyl halides is 3. The molecule has 2 aromatic rings. The molecule has 0 unspecified atom stereocenters. The molecule has 3 nitrogen and oxygen atoms in total. The number of piperazine rings is 1. The molecular weight excluding hydrogens is 416 g/mol. The van der Waals surface area contributed by atoms with Gasteiger partial charge in [0.15, 0.2) is 0 Å². The van der Waals surface area contributed by atoms with Gasteiger partial charge in [0.2, 0.25) is 0 Å². The molecule has 0 aromatic heterocycles. The summed E-state index contributed by atoms with van der Waals surface area (Å²) < 4.78 is 56.2. The van der Waals surface area contributed by atoms with Crippen molar-refractivity contribution in [3.63, 3.8) is 0 Å². The highest BCUT2D eigenvalue weighted by atomic mass is 79.9. The van der Waals surface area contributed by atoms with Crippen LogP contribution in [0, 0.1) is 5.82 Å². The second-order valence-corrected chi connectivity index (χ2v) is 6.89. The monoisotopic (exact) mass is 432 g/mol. The van der Waals surface area contributed by atoms with E-state index in [0.29, 0.717) is 28.7 Å². The topological polar surface area (TPSA) is 24.5 Å². The number of nitrogens with zero attached hydrogens (tertiary/aromatic N) is 1. The molecule has 0 saturated carbocycles. The van der Waals surface area contributed by atoms with E-state index in [1.165, 1.54) is 18.2 Å². The van der Waals surface area contributed by atoms with Gasteiger partial charge in [0.25, 0.3) is 0 Å². The number of halogens is 5. The molecule has 1 atom stereocenters. The third-order valence-corrected chi connectivity index (χ3v) is 4.70. The number of rotatable bonds is 4. The highest BCUT2D eigenvalue weighted by Gasteiger charge is 2.31. The van der Waals surface area contributed by atoms with Crippen molar-refractivity contribution < 1.29 is 22.3 Å². The third kappa shape index (κ3) is 4.75. The first kappa shape index (κ1) is 19.1. The molecule has 0 amide bonds. The lowest BCUT2D eigenvalue weighted by atomic mass is 9.96. The summed E-state index contributed by atoms with van der Waals surface area (Å²) in [6.07, 6.45) is -4.74. The van der Waals surface area contributed by atoms with Crippen molar-refractivity contribution in [2.24, 2.45) is 0 Å². The van der Waals surface area contributed by atoms with Gasteiger partial charge in [-0.15, -0.1) is 13.2 Å². The Morgan fingerprint density at radius 2 is 1.69 bits per heavy atom. The van der Waals surface area contributed by atoms with Crippen molar-refractivity contribution >= 4 is 15.9 Å². The molecule has 3 rings (SSSR count). The largest absolute Gasteiger partial charge is 0.573 e. The molecule has 0 aliphatic carbocycles. The molecule has 26 heavy (non-hydrogen) atoms. The van der Waals surface area contributed by atoms with Gasteiger partial charge in [0, 0.05) is 36.2 Å². The fourth-order valence-electron chi connectivity index (χ4n) is 3.10. The van der Waals surface area contributed by atoms with Crippen LogP contribution in [0.3, 0.4) is 0 Å². The first-order valence-electron chi connectivity index (χ1n) is 8.09. The number of hydrogen-bond acceptors (Lipinski definition) is 3. The van der Waals surface area contributed by atoms with Crippen molar-refractivity contribution in [3.05, 3.63) is 63.9 Å². The highest BCUT2D eigenvalue weighted by Crippen LogP contribution is 2.33. The molecule has 0 radical (unpaired) electrons. The van der Waals surface area contributed by atoms with Gasteiger partial charge in [-0.05, 0) is 29.8 Å². The number of benzene rings is 2. The minimum atomic E-state index is -4.74. The van der Waals surface area contributed by atoms with Crippen LogP contribution in [-0.4, -0.2) is 37.4 Å². The molecule has 1 saturated heterocycles. The van der Waals surface area contributed by atoms with Crippen LogP contribution in [0.5, 0.6) is 5.75 Å². The standard InChI is InChI=1S/C18H17BrF4N2O/c19-13-3-6-15(16(20)11-13)17(25-9-7-24-8-10-25)12-1-4-14(5-2-12)26-18(21,22)23/h1-6,11,17,24H,7-10H2/t17-/m0/s1. The van der Waals surface area contributed by atoms with Gasteiger partial charge in [0.05, 0.1) is 6.04 Å². The maximum absolute atomic E-state index is 14.6. The van der Waals surface area contributed by atoms with E-state index in [-0.39, 0.29) is 17.6 Å². The maximum Gasteiger partial charge on any atom is 0.573 e. The van der Waals surface area contributed by atoms with E-state index in [0.717, 1.165) is 13.1 Å². The Morgan fingerprint density at radius 1 is 1.04 bits per heavy atom. The van der Waals surface area contributed by atoms with Gasteiger partial charge in [-0.3, -0.25) is 4.90 Å². The fraction of sp³-hybridized carbons (Fsp3) is 0.333. The van der Waals surface area contributed by atoms with Crippen LogP contribution in [0.4, 0.5) is 17.6 Å². The summed E-state index contributed by atoms with van der Waals surface area (Å²) in [6.45, 7) is 2.95. The second-order valence-electron chi connectivity index (χ2n) is 5.97. The van der Waals surface area contributed by atoms with Gasteiger partial charge in [-0.1, -0.05) is 34.1 Å². The van der Waals surface area contributed by atoms with Gasteiger partial charge in [0.1, 0.15) is 11.6 Å². The van der Waals surface area contributed by atoms with Crippen molar-refractivity contribution in [3.8, 4) is 5.75 Å². The molecule has 140 valence electrons. The molecule has 0 bridgehead atoms. The van der Waals surface area contributed by atoms with Crippen LogP contribution in [0.15, 0.2) is 46.9 Å². The summed E-state index contributed by atoms with van der Waals surface area (Å²) in [6, 6.07) is 10.1. The SMILES string of the molecule is Fc1cc(Br)ccc1[C@H](c1ccc(OC(F)(F)F)cc1)N1CCNCC1. The summed E-state index contributed by atoms with van der Waals surface area (Å²) in [5.74, 6) is -0.657. The number of hydrogen-bond donors (Lipinski definition) is 1. The Kier molecular flexibility index (Phi) is 5.84. The van der Waals surface area contributed by atoms with E-state index >= 15 is 0 Å². The van der Waals surface area contributed by atoms with E-state index < -0.39 is 6.36 Å². The van der Waals surface area contributed by atoms with Crippen LogP contribution in [-0.2, 0) is 0 Å². The Balaban J connectivity index is 1.95. The van der Waals surface area contributed by atoms with E-state index in [4.69, 9.17) is 0 Å². The molecule has 1 fully saturated rings. The Labute approximate surface area is 157 Å². The Bertz CT molecular complexity index is 746. The number of ether oxygens (including phenoxy) is 1. The summed E-state index contributed by atoms with van der Waals surface area (Å²) in [5.41, 5.74) is 1.20. The Hall–Kier alpha value is -1.64. The zero-order valence-electron chi connectivity index (χ0n) is 13.7. The predicted molar refractivity (Wildman–Crippen MR) is 93.5 cm³/mol. The lowest BCUT2D eigenvalue weighted by Gasteiger charge is -2.35. The first-order valence-corrected chi connectivity index (χ1v) is 8.88. The lowest BCUT2D eigenvalue weighted by molar-refractivity contribution is -0.274. The minimum Gasteiger partial charge on any atom is -0.406 e. The van der Waals surface area contributed by atoms with E-state index in [2.05, 4.69) is 30.9 Å². The molecule has 0 spiro atoms. The second kappa shape index (κ2) is 7.94. The summed E-state index contributed by atoms with van der Waals surface area (Å²) >= 11 is 3.25. The van der Waals surface area contributed by atoms with E-state index in [1.807, 2.05) is 0 Å². The van der Waals surface area contributed by atoms with Crippen LogP contribution in [0.2, 0.25) is 0 Å². The van der Waals surface area contributed by atoms with E-state index in [1.54, 1.807) is 24.3 Å². The van der Waals surface area contributed by atoms with Gasteiger partial charge in [-0.2, -0.15) is 0 Å². The van der Waals surface area contributed by atoms with Crippen LogP contribution < -0.4 is 10.1 Å². The van der Waals surface area contributed by atoms with Crippen molar-refractivity contribution in [2.75, 3.05) is 26.2 Å². The average Bonchev–Trinajstić information content (AvgIpc) is 2.58. The zero-order chi connectivity index (χ0) is 18.7. The van der Waals surface area contributed by atoms with Crippen molar-refractivity contribution in [1.82, 2.24) is 10.2 Å². The molecule has 8 heteroatoms. The zero-order valence-corrected chi connectivity index (χ0v) is 15.3. The maximum atomic E-state index is 14.6. The van der Waals surface area contributed by atoms with Crippen LogP contribution >= 0.6 is 15.9 Å². The highest BCUT2D eigenvalue weighted by molar-refractivity contribution is 9.10. The molecule has 1 heterocycles. The summed E-state index contributed by atoms with van der Waals surface area (Å²) in [5, 5.41) is 3.24. The summed E-state index contributed by atoms with van der Waals surface area (Å²) in [7, 11) is 0. The van der Waals surface area contributed by atoms with Gasteiger partial charge >= 0.3 is 6.36 Å². The molecule has 1 N–H and O–H groups in total. The van der Waals surface area contributed by atoms with Crippen LogP contribution in [0.25, 0.3) is 0 Å². The first-order chi connectivity index (χ1) is 12.3. The van der Waals surface area contributed by atoms with E-state index in [9.17, 15) is 17.6 Å². The Morgan fingerprint density at radius 3 is 2.27 bits per heavy atom. The van der Waals surface area contributed by atoms with Crippen LogP contribution in [0.1, 0.15) is 17.2 Å².